The van der Waals surface area contributed by atoms with Crippen molar-refractivity contribution < 1.29 is 49.0 Å². The number of aliphatic hydroxyl groups excluding tert-OH is 3. The summed E-state index contributed by atoms with van der Waals surface area (Å²) in [6.45, 7) is 10.3. The predicted molar refractivity (Wildman–Crippen MR) is 136 cm³/mol. The summed E-state index contributed by atoms with van der Waals surface area (Å²) in [6, 6.07) is 0. The van der Waals surface area contributed by atoms with Gasteiger partial charge >= 0.3 is 11.9 Å². The van der Waals surface area contributed by atoms with Crippen molar-refractivity contribution in [3.63, 3.8) is 0 Å². The van der Waals surface area contributed by atoms with Crippen molar-refractivity contribution in [2.45, 2.75) is 96.6 Å². The summed E-state index contributed by atoms with van der Waals surface area (Å²) in [5, 5.41) is 47.2. The summed E-state index contributed by atoms with van der Waals surface area (Å²) in [5.41, 5.74) is -5.10. The molecular formula is C30H40O10. The molecule has 0 aromatic heterocycles. The molecule has 17 atom stereocenters. The van der Waals surface area contributed by atoms with Crippen molar-refractivity contribution >= 4 is 17.7 Å². The molecule has 220 valence electrons. The Hall–Kier alpha value is -1.85. The van der Waals surface area contributed by atoms with Crippen LogP contribution < -0.4 is 0 Å². The van der Waals surface area contributed by atoms with Gasteiger partial charge in [0, 0.05) is 41.4 Å². The second-order valence-corrected chi connectivity index (χ2v) is 14.6. The molecular weight excluding hydrogens is 520 g/mol. The Labute approximate surface area is 233 Å². The fourth-order valence-electron chi connectivity index (χ4n) is 11.2. The smallest absolute Gasteiger partial charge is 0.343 e. The number of fused-ring (bicyclic) bond motifs is 10. The number of rotatable bonds is 1. The van der Waals surface area contributed by atoms with Crippen LogP contribution in [0.15, 0.2) is 11.8 Å². The number of aliphatic hydroxyl groups is 4. The van der Waals surface area contributed by atoms with Crippen molar-refractivity contribution in [3.8, 4) is 0 Å². The number of carbonyl (C=O) groups is 3. The Morgan fingerprint density at radius 2 is 1.70 bits per heavy atom. The molecule has 0 amide bonds. The van der Waals surface area contributed by atoms with E-state index in [0.717, 1.165) is 0 Å². The highest BCUT2D eigenvalue weighted by atomic mass is 16.6. The van der Waals surface area contributed by atoms with Gasteiger partial charge < -0.3 is 34.6 Å². The standard InChI is InChI=1S/C30H40O10/c1-10-7-16-29(5,30(6,37)26(36)40-16)20-18(10)28(4)15(38-11(2)31)9-12-17(19(28)23(20)34)22(33)21(32)13-8-14-24(39-14)25(35)27(12,13)3/h7,10,12-15,17-20,22-25,33-35,37H,8-9H2,1-6H3/t10-,12+,13-,14+,15+,17-,18+,19-,20?,22-,23-,24+,25+,27-,28-,29+,30+/m1/s1. The lowest BCUT2D eigenvalue weighted by atomic mass is 9.42. The molecule has 4 saturated carbocycles. The van der Waals surface area contributed by atoms with E-state index in [1.165, 1.54) is 13.8 Å². The highest BCUT2D eigenvalue weighted by molar-refractivity contribution is 5.88. The molecule has 4 N–H and O–H groups in total. The molecule has 0 bridgehead atoms. The minimum absolute atomic E-state index is 0.216. The van der Waals surface area contributed by atoms with E-state index < -0.39 is 87.8 Å². The van der Waals surface area contributed by atoms with E-state index in [9.17, 15) is 34.8 Å². The first-order chi connectivity index (χ1) is 18.5. The van der Waals surface area contributed by atoms with Gasteiger partial charge in [-0.25, -0.2) is 4.79 Å². The zero-order valence-corrected chi connectivity index (χ0v) is 23.7. The molecule has 0 spiro atoms. The molecule has 5 aliphatic carbocycles. The summed E-state index contributed by atoms with van der Waals surface area (Å²) in [4.78, 5) is 39.3. The fourth-order valence-corrected chi connectivity index (χ4v) is 11.2. The van der Waals surface area contributed by atoms with E-state index in [4.69, 9.17) is 14.2 Å². The van der Waals surface area contributed by atoms with E-state index in [1.807, 2.05) is 26.8 Å². The van der Waals surface area contributed by atoms with Crippen LogP contribution in [0.1, 0.15) is 54.4 Å². The van der Waals surface area contributed by atoms with Gasteiger partial charge in [-0.1, -0.05) is 20.8 Å². The molecule has 7 rings (SSSR count). The average Bonchev–Trinajstić information content (AvgIpc) is 3.57. The lowest BCUT2D eigenvalue weighted by molar-refractivity contribution is -0.229. The summed E-state index contributed by atoms with van der Waals surface area (Å²) in [7, 11) is 0. The largest absolute Gasteiger partial charge is 0.462 e. The molecule has 7 aliphatic rings. The van der Waals surface area contributed by atoms with E-state index in [-0.39, 0.29) is 29.8 Å². The van der Waals surface area contributed by atoms with Gasteiger partial charge in [0.05, 0.1) is 23.7 Å². The summed E-state index contributed by atoms with van der Waals surface area (Å²) in [6.07, 6.45) is -2.28. The summed E-state index contributed by atoms with van der Waals surface area (Å²) < 4.78 is 17.4. The third-order valence-corrected chi connectivity index (χ3v) is 13.3. The molecule has 40 heavy (non-hydrogen) atoms. The molecule has 2 aliphatic heterocycles. The minimum Gasteiger partial charge on any atom is -0.462 e. The highest BCUT2D eigenvalue weighted by Crippen LogP contribution is 2.75. The van der Waals surface area contributed by atoms with Crippen LogP contribution in [-0.2, 0) is 28.6 Å². The van der Waals surface area contributed by atoms with Gasteiger partial charge in [0.25, 0.3) is 0 Å². The van der Waals surface area contributed by atoms with Crippen LogP contribution in [0, 0.1) is 57.7 Å². The van der Waals surface area contributed by atoms with E-state index in [0.29, 0.717) is 18.6 Å². The number of ether oxygens (including phenoxy) is 3. The quantitative estimate of drug-likeness (QED) is 0.266. The van der Waals surface area contributed by atoms with Crippen molar-refractivity contribution in [3.05, 3.63) is 11.8 Å². The Bertz CT molecular complexity index is 1240. The van der Waals surface area contributed by atoms with Crippen LogP contribution in [-0.4, -0.2) is 80.4 Å². The van der Waals surface area contributed by atoms with Crippen LogP contribution >= 0.6 is 0 Å². The third kappa shape index (κ3) is 2.76. The first kappa shape index (κ1) is 27.0. The van der Waals surface area contributed by atoms with E-state index >= 15 is 0 Å². The molecule has 10 nitrogen and oxygen atoms in total. The maximum absolute atomic E-state index is 13.9. The topological polar surface area (TPSA) is 163 Å². The van der Waals surface area contributed by atoms with E-state index in [2.05, 4.69) is 0 Å². The van der Waals surface area contributed by atoms with E-state index in [1.54, 1.807) is 6.92 Å². The SMILES string of the molecule is CC(=O)O[C@H]1C[C@H]2[C@H]([C@@H]3[C@@H](O)C4[C@H]([C@H](C)C=C5OC(=O)[C@](C)(O)[C@@]54C)[C@]31C)[C@@H](O)C(=O)[C@H]1C[C@@H]3O[C@@H]3[C@H](O)[C@@]12C. The van der Waals surface area contributed by atoms with Crippen LogP contribution in [0.5, 0.6) is 0 Å². The molecule has 10 heteroatoms. The number of hydrogen-bond donors (Lipinski definition) is 4. The predicted octanol–water partition coefficient (Wildman–Crippen LogP) is 0.729. The second-order valence-electron chi connectivity index (χ2n) is 14.6. The Morgan fingerprint density at radius 3 is 2.35 bits per heavy atom. The summed E-state index contributed by atoms with van der Waals surface area (Å²) in [5.74, 6) is -5.19. The van der Waals surface area contributed by atoms with Gasteiger partial charge in [0.2, 0.25) is 0 Å². The number of esters is 2. The monoisotopic (exact) mass is 560 g/mol. The third-order valence-electron chi connectivity index (χ3n) is 13.3. The zero-order valence-electron chi connectivity index (χ0n) is 23.7. The highest BCUT2D eigenvalue weighted by Gasteiger charge is 2.80. The Morgan fingerprint density at radius 1 is 1.02 bits per heavy atom. The first-order valence-corrected chi connectivity index (χ1v) is 14.6. The minimum atomic E-state index is -1.93. The number of Topliss-reactive ketones (excluding diaryl/α,β-unsaturated/α-hetero) is 1. The van der Waals surface area contributed by atoms with Gasteiger partial charge in [-0.05, 0) is 50.5 Å². The van der Waals surface area contributed by atoms with Gasteiger partial charge in [-0.3, -0.25) is 9.59 Å². The van der Waals surface area contributed by atoms with Gasteiger partial charge in [0.1, 0.15) is 24.1 Å². The summed E-state index contributed by atoms with van der Waals surface area (Å²) >= 11 is 0. The molecule has 0 aromatic carbocycles. The molecule has 1 unspecified atom stereocenters. The maximum Gasteiger partial charge on any atom is 0.343 e. The Balaban J connectivity index is 1.42. The lowest BCUT2D eigenvalue weighted by Crippen LogP contribution is -2.69. The van der Waals surface area contributed by atoms with Crippen LogP contribution in [0.2, 0.25) is 0 Å². The maximum atomic E-state index is 13.9. The van der Waals surface area contributed by atoms with Crippen molar-refractivity contribution in [2.75, 3.05) is 0 Å². The van der Waals surface area contributed by atoms with Crippen molar-refractivity contribution in [1.82, 2.24) is 0 Å². The van der Waals surface area contributed by atoms with Gasteiger partial charge in [-0.15, -0.1) is 0 Å². The first-order valence-electron chi connectivity index (χ1n) is 14.6. The number of hydrogen-bond acceptors (Lipinski definition) is 10. The van der Waals surface area contributed by atoms with Gasteiger partial charge in [-0.2, -0.15) is 0 Å². The molecule has 0 radical (unpaired) electrons. The molecule has 2 saturated heterocycles. The number of ketones is 1. The molecule has 0 aromatic rings. The van der Waals surface area contributed by atoms with Gasteiger partial charge in [0.15, 0.2) is 11.4 Å². The number of carbonyl (C=O) groups excluding carboxylic acids is 3. The van der Waals surface area contributed by atoms with Crippen LogP contribution in [0.4, 0.5) is 0 Å². The fraction of sp³-hybridized carbons (Fsp3) is 0.833. The van der Waals surface area contributed by atoms with Crippen LogP contribution in [0.3, 0.4) is 0 Å². The lowest BCUT2D eigenvalue weighted by Gasteiger charge is -2.63. The zero-order chi connectivity index (χ0) is 29.1. The molecule has 6 fully saturated rings. The molecule has 2 heterocycles. The van der Waals surface area contributed by atoms with Crippen molar-refractivity contribution in [1.29, 1.82) is 0 Å². The normalized spacial score (nSPS) is 61.1. The Kier molecular flexibility index (Phi) is 5.23. The van der Waals surface area contributed by atoms with Crippen LogP contribution in [0.25, 0.3) is 0 Å². The number of allylic oxidation sites excluding steroid dienone is 1. The second kappa shape index (κ2) is 7.75. The average molecular weight is 561 g/mol. The van der Waals surface area contributed by atoms with Crippen molar-refractivity contribution in [2.24, 2.45) is 57.7 Å². The number of epoxide rings is 1.